The molecule has 2 aromatic rings. The highest BCUT2D eigenvalue weighted by atomic mass is 28.4. The number of unbranched alkanes of at least 4 members (excludes halogenated alkanes) is 5. The Morgan fingerprint density at radius 3 is 1.83 bits per heavy atom. The average molecular weight is 425 g/mol. The topological polar surface area (TPSA) is 18.5 Å². The fourth-order valence-electron chi connectivity index (χ4n) is 4.50. The molecule has 0 saturated heterocycles. The van der Waals surface area contributed by atoms with E-state index in [1.807, 2.05) is 0 Å². The second-order valence-corrected chi connectivity index (χ2v) is 11.9. The summed E-state index contributed by atoms with van der Waals surface area (Å²) < 4.78 is 13.9. The summed E-state index contributed by atoms with van der Waals surface area (Å²) in [5, 5.41) is 2.47. The van der Waals surface area contributed by atoms with E-state index in [9.17, 15) is 0 Å². The van der Waals surface area contributed by atoms with Gasteiger partial charge in [-0.1, -0.05) is 107 Å². The highest BCUT2D eigenvalue weighted by molar-refractivity contribution is 6.92. The van der Waals surface area contributed by atoms with Crippen molar-refractivity contribution >= 4 is 18.9 Å². The van der Waals surface area contributed by atoms with Gasteiger partial charge in [-0.25, -0.2) is 0 Å². The molecule has 0 amide bonds. The third-order valence-electron chi connectivity index (χ3n) is 6.41. The zero-order valence-corrected chi connectivity index (χ0v) is 20.0. The van der Waals surface area contributed by atoms with Crippen LogP contribution in [0.2, 0.25) is 0 Å². The van der Waals surface area contributed by atoms with Crippen LogP contribution >= 0.6 is 0 Å². The van der Waals surface area contributed by atoms with Crippen molar-refractivity contribution in [2.75, 3.05) is 6.61 Å². The van der Waals surface area contributed by atoms with Gasteiger partial charge >= 0.3 is 8.56 Å². The molecule has 3 heteroatoms. The van der Waals surface area contributed by atoms with E-state index in [0.29, 0.717) is 6.10 Å². The van der Waals surface area contributed by atoms with Crippen LogP contribution in [-0.4, -0.2) is 21.3 Å². The van der Waals surface area contributed by atoms with Crippen molar-refractivity contribution in [2.45, 2.75) is 84.2 Å². The zero-order chi connectivity index (χ0) is 21.1. The Morgan fingerprint density at radius 1 is 0.733 bits per heavy atom. The maximum Gasteiger partial charge on any atom is 0.407 e. The summed E-state index contributed by atoms with van der Waals surface area (Å²) in [4.78, 5) is 0. The summed E-state index contributed by atoms with van der Waals surface area (Å²) in [6, 6.07) is 21.5. The SMILES string of the molecule is CCCCCCCCO[Si](OC1CCC(C)CC1)(c1ccccc1)c1ccccc1. The van der Waals surface area contributed by atoms with Gasteiger partial charge in [-0.05, 0) is 48.4 Å². The third kappa shape index (κ3) is 6.54. The van der Waals surface area contributed by atoms with Gasteiger partial charge in [-0.15, -0.1) is 0 Å². The first kappa shape index (κ1) is 23.2. The van der Waals surface area contributed by atoms with Crippen LogP contribution in [-0.2, 0) is 8.85 Å². The number of hydrogen-bond donors (Lipinski definition) is 0. The monoisotopic (exact) mass is 424 g/mol. The molecule has 2 nitrogen and oxygen atoms in total. The first-order valence-corrected chi connectivity index (χ1v) is 14.0. The van der Waals surface area contributed by atoms with E-state index in [0.717, 1.165) is 31.8 Å². The van der Waals surface area contributed by atoms with Gasteiger partial charge in [0.1, 0.15) is 0 Å². The lowest BCUT2D eigenvalue weighted by Gasteiger charge is -2.37. The number of benzene rings is 2. The fourth-order valence-corrected chi connectivity index (χ4v) is 7.91. The largest absolute Gasteiger partial charge is 0.407 e. The maximum absolute atomic E-state index is 7.06. The van der Waals surface area contributed by atoms with Crippen LogP contribution in [0.5, 0.6) is 0 Å². The van der Waals surface area contributed by atoms with Crippen molar-refractivity contribution in [3.05, 3.63) is 60.7 Å². The van der Waals surface area contributed by atoms with Crippen LogP contribution in [0.15, 0.2) is 60.7 Å². The maximum atomic E-state index is 7.06. The van der Waals surface area contributed by atoms with Crippen molar-refractivity contribution in [2.24, 2.45) is 5.92 Å². The molecule has 1 aliphatic rings. The smallest absolute Gasteiger partial charge is 0.388 e. The molecule has 2 aromatic carbocycles. The van der Waals surface area contributed by atoms with Crippen molar-refractivity contribution in [1.82, 2.24) is 0 Å². The Hall–Kier alpha value is -1.42. The molecule has 0 atom stereocenters. The van der Waals surface area contributed by atoms with Gasteiger partial charge in [0.2, 0.25) is 0 Å². The molecule has 0 spiro atoms. The minimum absolute atomic E-state index is 0.304. The van der Waals surface area contributed by atoms with Crippen LogP contribution in [0.25, 0.3) is 0 Å². The van der Waals surface area contributed by atoms with Gasteiger partial charge in [-0.2, -0.15) is 0 Å². The van der Waals surface area contributed by atoms with Crippen molar-refractivity contribution in [3.63, 3.8) is 0 Å². The lowest BCUT2D eigenvalue weighted by atomic mass is 9.89. The van der Waals surface area contributed by atoms with E-state index >= 15 is 0 Å². The quantitative estimate of drug-likeness (QED) is 0.298. The predicted octanol–water partition coefficient (Wildman–Crippen LogP) is 6.22. The Labute approximate surface area is 185 Å². The van der Waals surface area contributed by atoms with Gasteiger partial charge in [0.15, 0.2) is 0 Å². The van der Waals surface area contributed by atoms with Crippen molar-refractivity contribution in [3.8, 4) is 0 Å². The summed E-state index contributed by atoms with van der Waals surface area (Å²) in [6.45, 7) is 5.42. The second-order valence-electron chi connectivity index (χ2n) is 8.96. The van der Waals surface area contributed by atoms with Crippen LogP contribution in [0.1, 0.15) is 78.1 Å². The zero-order valence-electron chi connectivity index (χ0n) is 19.0. The Balaban J connectivity index is 1.79. The normalized spacial score (nSPS) is 19.7. The Morgan fingerprint density at radius 2 is 1.27 bits per heavy atom. The molecule has 0 radical (unpaired) electrons. The highest BCUT2D eigenvalue weighted by Crippen LogP contribution is 2.28. The minimum Gasteiger partial charge on any atom is -0.388 e. The molecule has 0 aromatic heterocycles. The molecule has 1 aliphatic carbocycles. The van der Waals surface area contributed by atoms with Crippen LogP contribution < -0.4 is 10.4 Å². The molecule has 0 heterocycles. The van der Waals surface area contributed by atoms with Gasteiger partial charge < -0.3 is 8.85 Å². The molecule has 164 valence electrons. The van der Waals surface area contributed by atoms with E-state index < -0.39 is 8.56 Å². The highest BCUT2D eigenvalue weighted by Gasteiger charge is 2.45. The van der Waals surface area contributed by atoms with Gasteiger partial charge in [-0.3, -0.25) is 0 Å². The standard InChI is InChI=1S/C27H40O2Si/c1-3-4-5-6-7-14-23-28-30(26-15-10-8-11-16-26,27-17-12-9-13-18-27)29-25-21-19-24(2)20-22-25/h8-13,15-18,24-25H,3-7,14,19-23H2,1-2H3. The molecule has 3 rings (SSSR count). The molecule has 0 unspecified atom stereocenters. The van der Waals surface area contributed by atoms with Crippen molar-refractivity contribution < 1.29 is 8.85 Å². The van der Waals surface area contributed by atoms with E-state index in [2.05, 4.69) is 74.5 Å². The van der Waals surface area contributed by atoms with E-state index in [1.165, 1.54) is 55.3 Å². The van der Waals surface area contributed by atoms with E-state index in [4.69, 9.17) is 8.85 Å². The second kappa shape index (κ2) is 12.4. The fraction of sp³-hybridized carbons (Fsp3) is 0.556. The lowest BCUT2D eigenvalue weighted by molar-refractivity contribution is 0.0891. The van der Waals surface area contributed by atoms with Gasteiger partial charge in [0, 0.05) is 12.7 Å². The van der Waals surface area contributed by atoms with Gasteiger partial charge in [0.25, 0.3) is 0 Å². The van der Waals surface area contributed by atoms with Gasteiger partial charge in [0.05, 0.1) is 0 Å². The van der Waals surface area contributed by atoms with Crippen LogP contribution in [0, 0.1) is 5.92 Å². The van der Waals surface area contributed by atoms with E-state index in [-0.39, 0.29) is 0 Å². The first-order chi connectivity index (χ1) is 14.7. The Bertz CT molecular complexity index is 656. The van der Waals surface area contributed by atoms with Crippen LogP contribution in [0.4, 0.5) is 0 Å². The predicted molar refractivity (Wildman–Crippen MR) is 130 cm³/mol. The average Bonchev–Trinajstić information content (AvgIpc) is 2.80. The Kier molecular flexibility index (Phi) is 9.64. The number of hydrogen-bond acceptors (Lipinski definition) is 2. The molecule has 1 saturated carbocycles. The molecule has 0 N–H and O–H groups in total. The summed E-state index contributed by atoms with van der Waals surface area (Å²) >= 11 is 0. The molecule has 30 heavy (non-hydrogen) atoms. The molecule has 0 aliphatic heterocycles. The van der Waals surface area contributed by atoms with E-state index in [1.54, 1.807) is 0 Å². The van der Waals surface area contributed by atoms with Crippen molar-refractivity contribution in [1.29, 1.82) is 0 Å². The minimum atomic E-state index is -2.73. The number of rotatable bonds is 12. The molecular formula is C27H40O2Si. The molecule has 0 bridgehead atoms. The summed E-state index contributed by atoms with van der Waals surface area (Å²) in [7, 11) is -2.73. The molecule has 1 fully saturated rings. The molecular weight excluding hydrogens is 384 g/mol. The lowest BCUT2D eigenvalue weighted by Crippen LogP contribution is -2.65. The summed E-state index contributed by atoms with van der Waals surface area (Å²) in [6.07, 6.45) is 12.8. The third-order valence-corrected chi connectivity index (χ3v) is 9.87. The summed E-state index contributed by atoms with van der Waals surface area (Å²) in [5.74, 6) is 0.818. The summed E-state index contributed by atoms with van der Waals surface area (Å²) in [5.41, 5.74) is 0. The van der Waals surface area contributed by atoms with Crippen LogP contribution in [0.3, 0.4) is 0 Å². The first-order valence-electron chi connectivity index (χ1n) is 12.2.